The van der Waals surface area contributed by atoms with Gasteiger partial charge in [0.25, 0.3) is 0 Å². The van der Waals surface area contributed by atoms with Gasteiger partial charge in [0, 0.05) is 6.61 Å². The average Bonchev–Trinajstić information content (AvgIpc) is 2.27. The standard InChI is InChI=1S/C14H24O/c1-4-7-9-10-12-15-13-14(6-3)11-8-5-2/h5-6,8,11H,3-4,7,9-10,12-13H2,1-2H3/b8-5-,14-11+. The summed E-state index contributed by atoms with van der Waals surface area (Å²) in [5.74, 6) is 0. The quantitative estimate of drug-likeness (QED) is 0.406. The Morgan fingerprint density at radius 2 is 2.07 bits per heavy atom. The van der Waals surface area contributed by atoms with E-state index in [1.807, 2.05) is 31.2 Å². The lowest BCUT2D eigenvalue weighted by molar-refractivity contribution is 0.153. The van der Waals surface area contributed by atoms with Crippen LogP contribution in [0.25, 0.3) is 0 Å². The topological polar surface area (TPSA) is 9.23 Å². The van der Waals surface area contributed by atoms with E-state index in [9.17, 15) is 0 Å². The normalized spacial score (nSPS) is 12.3. The molecule has 1 nitrogen and oxygen atoms in total. The number of allylic oxidation sites excluding steroid dienone is 3. The van der Waals surface area contributed by atoms with Crippen molar-refractivity contribution in [3.63, 3.8) is 0 Å². The minimum Gasteiger partial charge on any atom is -0.377 e. The summed E-state index contributed by atoms with van der Waals surface area (Å²) in [6, 6.07) is 0. The maximum Gasteiger partial charge on any atom is 0.0716 e. The van der Waals surface area contributed by atoms with Gasteiger partial charge in [0.15, 0.2) is 0 Å². The zero-order valence-electron chi connectivity index (χ0n) is 10.2. The summed E-state index contributed by atoms with van der Waals surface area (Å²) in [5, 5.41) is 0. The third-order valence-corrected chi connectivity index (χ3v) is 2.18. The molecular formula is C14H24O. The van der Waals surface area contributed by atoms with Crippen LogP contribution < -0.4 is 0 Å². The second-order valence-corrected chi connectivity index (χ2v) is 3.58. The number of hydrogen-bond acceptors (Lipinski definition) is 1. The van der Waals surface area contributed by atoms with E-state index in [-0.39, 0.29) is 0 Å². The fourth-order valence-electron chi connectivity index (χ4n) is 1.22. The molecule has 0 aliphatic rings. The van der Waals surface area contributed by atoms with E-state index in [1.54, 1.807) is 0 Å². The van der Waals surface area contributed by atoms with E-state index in [0.29, 0.717) is 6.61 Å². The Morgan fingerprint density at radius 3 is 2.67 bits per heavy atom. The van der Waals surface area contributed by atoms with Crippen molar-refractivity contribution in [3.8, 4) is 0 Å². The highest BCUT2D eigenvalue weighted by Crippen LogP contribution is 2.02. The third-order valence-electron chi connectivity index (χ3n) is 2.18. The Kier molecular flexibility index (Phi) is 10.6. The summed E-state index contributed by atoms with van der Waals surface area (Å²) in [6.45, 7) is 9.52. The maximum atomic E-state index is 5.56. The van der Waals surface area contributed by atoms with Gasteiger partial charge in [-0.25, -0.2) is 0 Å². The van der Waals surface area contributed by atoms with Gasteiger partial charge in [0.2, 0.25) is 0 Å². The summed E-state index contributed by atoms with van der Waals surface area (Å²) in [6.07, 6.45) is 12.9. The summed E-state index contributed by atoms with van der Waals surface area (Å²) in [5.41, 5.74) is 1.14. The van der Waals surface area contributed by atoms with Crippen LogP contribution >= 0.6 is 0 Å². The van der Waals surface area contributed by atoms with Gasteiger partial charge in [-0.3, -0.25) is 0 Å². The van der Waals surface area contributed by atoms with Gasteiger partial charge in [-0.05, 0) is 18.9 Å². The molecule has 0 aliphatic carbocycles. The SMILES string of the molecule is C=C/C(=C\C=C/C)COCCCCCC. The highest BCUT2D eigenvalue weighted by Gasteiger charge is 1.92. The van der Waals surface area contributed by atoms with Gasteiger partial charge < -0.3 is 4.74 Å². The molecule has 0 unspecified atom stereocenters. The van der Waals surface area contributed by atoms with Crippen LogP contribution in [0.1, 0.15) is 39.5 Å². The van der Waals surface area contributed by atoms with Crippen LogP contribution in [0.5, 0.6) is 0 Å². The molecule has 0 spiro atoms. The molecule has 0 fully saturated rings. The van der Waals surface area contributed by atoms with Crippen LogP contribution in [-0.4, -0.2) is 13.2 Å². The highest BCUT2D eigenvalue weighted by molar-refractivity contribution is 5.22. The number of hydrogen-bond donors (Lipinski definition) is 0. The first-order valence-corrected chi connectivity index (χ1v) is 5.87. The minimum atomic E-state index is 0.681. The van der Waals surface area contributed by atoms with Gasteiger partial charge in [0.05, 0.1) is 6.61 Å². The molecular weight excluding hydrogens is 184 g/mol. The molecule has 0 bridgehead atoms. The predicted molar refractivity (Wildman–Crippen MR) is 68.1 cm³/mol. The molecule has 1 heteroatoms. The fraction of sp³-hybridized carbons (Fsp3) is 0.571. The fourth-order valence-corrected chi connectivity index (χ4v) is 1.22. The van der Waals surface area contributed by atoms with Gasteiger partial charge in [0.1, 0.15) is 0 Å². The predicted octanol–water partition coefficient (Wildman–Crippen LogP) is 4.27. The van der Waals surface area contributed by atoms with Crippen LogP contribution in [0.4, 0.5) is 0 Å². The molecule has 86 valence electrons. The van der Waals surface area contributed by atoms with Gasteiger partial charge in [-0.1, -0.05) is 57.1 Å². The Morgan fingerprint density at radius 1 is 1.27 bits per heavy atom. The molecule has 0 aromatic carbocycles. The first-order chi connectivity index (χ1) is 7.35. The average molecular weight is 208 g/mol. The van der Waals surface area contributed by atoms with Crippen molar-refractivity contribution in [1.82, 2.24) is 0 Å². The molecule has 0 N–H and O–H groups in total. The number of ether oxygens (including phenoxy) is 1. The molecule has 0 aromatic heterocycles. The van der Waals surface area contributed by atoms with Gasteiger partial charge >= 0.3 is 0 Å². The smallest absolute Gasteiger partial charge is 0.0716 e. The molecule has 0 atom stereocenters. The molecule has 0 saturated carbocycles. The van der Waals surface area contributed by atoms with Crippen LogP contribution in [0.15, 0.2) is 36.5 Å². The Labute approximate surface area is 94.5 Å². The Balaban J connectivity index is 3.51. The summed E-state index contributed by atoms with van der Waals surface area (Å²) < 4.78 is 5.56. The second kappa shape index (κ2) is 11.3. The highest BCUT2D eigenvalue weighted by atomic mass is 16.5. The first kappa shape index (κ1) is 14.2. The van der Waals surface area contributed by atoms with E-state index in [0.717, 1.165) is 12.2 Å². The van der Waals surface area contributed by atoms with Crippen molar-refractivity contribution in [2.75, 3.05) is 13.2 Å². The van der Waals surface area contributed by atoms with Crippen molar-refractivity contribution in [1.29, 1.82) is 0 Å². The summed E-state index contributed by atoms with van der Waals surface area (Å²) in [4.78, 5) is 0. The molecule has 0 saturated heterocycles. The summed E-state index contributed by atoms with van der Waals surface area (Å²) in [7, 11) is 0. The first-order valence-electron chi connectivity index (χ1n) is 5.87. The molecule has 0 amide bonds. The van der Waals surface area contributed by atoms with Crippen molar-refractivity contribution >= 4 is 0 Å². The lowest BCUT2D eigenvalue weighted by atomic mass is 10.2. The van der Waals surface area contributed by atoms with Crippen molar-refractivity contribution < 1.29 is 4.74 Å². The zero-order chi connectivity index (χ0) is 11.4. The molecule has 0 aliphatic heterocycles. The van der Waals surface area contributed by atoms with E-state index in [4.69, 9.17) is 4.74 Å². The lowest BCUT2D eigenvalue weighted by Crippen LogP contribution is -1.98. The van der Waals surface area contributed by atoms with Crippen molar-refractivity contribution in [2.45, 2.75) is 39.5 Å². The molecule has 0 heterocycles. The largest absolute Gasteiger partial charge is 0.377 e. The number of unbranched alkanes of at least 4 members (excludes halogenated alkanes) is 3. The Hall–Kier alpha value is -0.820. The zero-order valence-corrected chi connectivity index (χ0v) is 10.2. The van der Waals surface area contributed by atoms with Gasteiger partial charge in [-0.2, -0.15) is 0 Å². The summed E-state index contributed by atoms with van der Waals surface area (Å²) >= 11 is 0. The van der Waals surface area contributed by atoms with E-state index in [2.05, 4.69) is 13.5 Å². The molecule has 0 aromatic rings. The van der Waals surface area contributed by atoms with E-state index >= 15 is 0 Å². The van der Waals surface area contributed by atoms with Crippen molar-refractivity contribution in [2.24, 2.45) is 0 Å². The molecule has 0 rings (SSSR count). The van der Waals surface area contributed by atoms with E-state index < -0.39 is 0 Å². The van der Waals surface area contributed by atoms with Crippen LogP contribution in [0, 0.1) is 0 Å². The monoisotopic (exact) mass is 208 g/mol. The van der Waals surface area contributed by atoms with Crippen LogP contribution in [-0.2, 0) is 4.74 Å². The van der Waals surface area contributed by atoms with Gasteiger partial charge in [-0.15, -0.1) is 0 Å². The van der Waals surface area contributed by atoms with Crippen LogP contribution in [0.2, 0.25) is 0 Å². The Bertz CT molecular complexity index is 201. The molecule has 0 radical (unpaired) electrons. The maximum absolute atomic E-state index is 5.56. The second-order valence-electron chi connectivity index (χ2n) is 3.58. The van der Waals surface area contributed by atoms with Crippen LogP contribution in [0.3, 0.4) is 0 Å². The van der Waals surface area contributed by atoms with E-state index in [1.165, 1.54) is 25.7 Å². The molecule has 15 heavy (non-hydrogen) atoms. The number of rotatable bonds is 9. The third kappa shape index (κ3) is 9.48. The lowest BCUT2D eigenvalue weighted by Gasteiger charge is -2.04. The minimum absolute atomic E-state index is 0.681. The van der Waals surface area contributed by atoms with Crippen molar-refractivity contribution in [3.05, 3.63) is 36.5 Å².